The Hall–Kier alpha value is -2.74. The summed E-state index contributed by atoms with van der Waals surface area (Å²) in [5, 5.41) is 3.03. The minimum atomic E-state index is -0.316. The number of nitrogens with zero attached hydrogens (tertiary/aromatic N) is 4. The van der Waals surface area contributed by atoms with E-state index >= 15 is 0 Å². The fourth-order valence-corrected chi connectivity index (χ4v) is 2.57. The second-order valence-electron chi connectivity index (χ2n) is 5.21. The third kappa shape index (κ3) is 2.80. The maximum absolute atomic E-state index is 13.3. The van der Waals surface area contributed by atoms with Gasteiger partial charge in [0.1, 0.15) is 11.3 Å². The van der Waals surface area contributed by atoms with Crippen LogP contribution < -0.4 is 10.2 Å². The number of nitrogens with one attached hydrogen (secondary N) is 2. The van der Waals surface area contributed by atoms with Crippen molar-refractivity contribution in [2.45, 2.75) is 0 Å². The minimum Gasteiger partial charge on any atom is -0.378 e. The van der Waals surface area contributed by atoms with Gasteiger partial charge in [-0.05, 0) is 18.2 Å². The largest absolute Gasteiger partial charge is 0.378 e. The molecule has 2 N–H and O–H groups in total. The Kier molecular flexibility index (Phi) is 3.51. The van der Waals surface area contributed by atoms with E-state index < -0.39 is 0 Å². The summed E-state index contributed by atoms with van der Waals surface area (Å²) in [7, 11) is 0. The van der Waals surface area contributed by atoms with E-state index in [0.717, 1.165) is 24.4 Å². The third-order valence-corrected chi connectivity index (χ3v) is 3.66. The molecule has 3 heterocycles. The van der Waals surface area contributed by atoms with Crippen LogP contribution in [0.4, 0.5) is 21.8 Å². The average molecular weight is 314 g/mol. The lowest BCUT2D eigenvalue weighted by Crippen LogP contribution is -2.37. The van der Waals surface area contributed by atoms with E-state index in [4.69, 9.17) is 4.74 Å². The molecular formula is C15H15FN6O. The molecule has 118 valence electrons. The summed E-state index contributed by atoms with van der Waals surface area (Å²) in [6.07, 6.45) is 1.59. The summed E-state index contributed by atoms with van der Waals surface area (Å²) < 4.78 is 18.7. The van der Waals surface area contributed by atoms with Crippen molar-refractivity contribution in [3.63, 3.8) is 0 Å². The Balaban J connectivity index is 1.72. The van der Waals surface area contributed by atoms with E-state index in [9.17, 15) is 4.39 Å². The molecule has 0 aliphatic carbocycles. The Morgan fingerprint density at radius 3 is 2.91 bits per heavy atom. The first kappa shape index (κ1) is 13.9. The van der Waals surface area contributed by atoms with E-state index in [1.807, 2.05) is 0 Å². The van der Waals surface area contributed by atoms with Crippen molar-refractivity contribution in [3.05, 3.63) is 36.4 Å². The molecule has 1 aliphatic heterocycles. The second-order valence-corrected chi connectivity index (χ2v) is 5.21. The van der Waals surface area contributed by atoms with Crippen LogP contribution in [-0.2, 0) is 4.74 Å². The predicted molar refractivity (Wildman–Crippen MR) is 84.4 cm³/mol. The Bertz CT molecular complexity index is 830. The molecule has 23 heavy (non-hydrogen) atoms. The standard InChI is InChI=1S/C15H15FN6O/c16-10-2-1-3-11(8-10)19-15-20-13-12(17-9-18-13)14(21-15)22-4-6-23-7-5-22/h1-3,8-9H,4-7H2,(H2,17,18,19,20,21). The Morgan fingerprint density at radius 1 is 1.22 bits per heavy atom. The molecule has 0 saturated carbocycles. The van der Waals surface area contributed by atoms with E-state index in [0.29, 0.717) is 30.5 Å². The molecule has 8 heteroatoms. The van der Waals surface area contributed by atoms with Crippen LogP contribution in [-0.4, -0.2) is 46.2 Å². The number of anilines is 3. The van der Waals surface area contributed by atoms with E-state index in [1.54, 1.807) is 18.5 Å². The zero-order valence-corrected chi connectivity index (χ0v) is 12.3. The maximum Gasteiger partial charge on any atom is 0.231 e. The minimum absolute atomic E-state index is 0.316. The first-order valence-corrected chi connectivity index (χ1v) is 7.36. The van der Waals surface area contributed by atoms with Crippen LogP contribution >= 0.6 is 0 Å². The summed E-state index contributed by atoms with van der Waals surface area (Å²) in [4.78, 5) is 18.4. The van der Waals surface area contributed by atoms with Crippen LogP contribution in [0.15, 0.2) is 30.6 Å². The smallest absolute Gasteiger partial charge is 0.231 e. The van der Waals surface area contributed by atoms with Gasteiger partial charge >= 0.3 is 0 Å². The number of aromatic amines is 1. The molecule has 4 rings (SSSR count). The molecule has 0 unspecified atom stereocenters. The molecule has 1 fully saturated rings. The van der Waals surface area contributed by atoms with Gasteiger partial charge in [0, 0.05) is 18.8 Å². The lowest BCUT2D eigenvalue weighted by molar-refractivity contribution is 0.122. The second kappa shape index (κ2) is 5.81. The van der Waals surface area contributed by atoms with Gasteiger partial charge in [0.25, 0.3) is 0 Å². The number of rotatable bonds is 3. The summed E-state index contributed by atoms with van der Waals surface area (Å²) >= 11 is 0. The highest BCUT2D eigenvalue weighted by molar-refractivity contribution is 5.84. The highest BCUT2D eigenvalue weighted by Crippen LogP contribution is 2.25. The summed E-state index contributed by atoms with van der Waals surface area (Å²) in [6.45, 7) is 2.83. The molecule has 0 bridgehead atoms. The van der Waals surface area contributed by atoms with Crippen molar-refractivity contribution >= 4 is 28.6 Å². The summed E-state index contributed by atoms with van der Waals surface area (Å²) in [5.41, 5.74) is 1.95. The number of hydrogen-bond donors (Lipinski definition) is 2. The first-order valence-electron chi connectivity index (χ1n) is 7.36. The number of halogens is 1. The molecule has 0 spiro atoms. The fourth-order valence-electron chi connectivity index (χ4n) is 2.57. The van der Waals surface area contributed by atoms with Gasteiger partial charge in [-0.15, -0.1) is 0 Å². The van der Waals surface area contributed by atoms with Crippen LogP contribution in [0.5, 0.6) is 0 Å². The van der Waals surface area contributed by atoms with Crippen LogP contribution in [0.2, 0.25) is 0 Å². The number of hydrogen-bond acceptors (Lipinski definition) is 6. The van der Waals surface area contributed by atoms with E-state index in [2.05, 4.69) is 30.2 Å². The Labute approximate surface area is 131 Å². The number of H-pyrrole nitrogens is 1. The molecular weight excluding hydrogens is 299 g/mol. The molecule has 7 nitrogen and oxygen atoms in total. The number of imidazole rings is 1. The number of morpholine rings is 1. The number of fused-ring (bicyclic) bond motifs is 1. The van der Waals surface area contributed by atoms with E-state index in [1.165, 1.54) is 12.1 Å². The topological polar surface area (TPSA) is 79.0 Å². The van der Waals surface area contributed by atoms with Crippen molar-refractivity contribution in [2.24, 2.45) is 0 Å². The maximum atomic E-state index is 13.3. The summed E-state index contributed by atoms with van der Waals surface area (Å²) in [6, 6.07) is 6.18. The van der Waals surface area contributed by atoms with Crippen LogP contribution in [0.25, 0.3) is 11.2 Å². The predicted octanol–water partition coefficient (Wildman–Crippen LogP) is 2.07. The van der Waals surface area contributed by atoms with Crippen molar-refractivity contribution in [1.82, 2.24) is 19.9 Å². The van der Waals surface area contributed by atoms with Gasteiger partial charge in [-0.2, -0.15) is 9.97 Å². The van der Waals surface area contributed by atoms with Gasteiger partial charge < -0.3 is 19.9 Å². The molecule has 2 aromatic heterocycles. The fraction of sp³-hybridized carbons (Fsp3) is 0.267. The van der Waals surface area contributed by atoms with Gasteiger partial charge in [0.05, 0.1) is 19.5 Å². The van der Waals surface area contributed by atoms with Crippen LogP contribution in [0.3, 0.4) is 0 Å². The van der Waals surface area contributed by atoms with Crippen molar-refractivity contribution in [1.29, 1.82) is 0 Å². The van der Waals surface area contributed by atoms with Gasteiger partial charge in [-0.25, -0.2) is 9.37 Å². The van der Waals surface area contributed by atoms with Gasteiger partial charge in [-0.1, -0.05) is 6.07 Å². The third-order valence-electron chi connectivity index (χ3n) is 3.66. The lowest BCUT2D eigenvalue weighted by Gasteiger charge is -2.28. The summed E-state index contributed by atoms with van der Waals surface area (Å²) in [5.74, 6) is 0.843. The van der Waals surface area contributed by atoms with Crippen LogP contribution in [0, 0.1) is 5.82 Å². The molecule has 1 aliphatic rings. The van der Waals surface area contributed by atoms with Gasteiger partial charge in [0.15, 0.2) is 11.5 Å². The highest BCUT2D eigenvalue weighted by atomic mass is 19.1. The molecule has 0 atom stereocenters. The normalized spacial score (nSPS) is 15.1. The Morgan fingerprint density at radius 2 is 2.09 bits per heavy atom. The zero-order valence-electron chi connectivity index (χ0n) is 12.3. The lowest BCUT2D eigenvalue weighted by atomic mass is 10.3. The molecule has 0 radical (unpaired) electrons. The first-order chi connectivity index (χ1) is 11.3. The van der Waals surface area contributed by atoms with Crippen molar-refractivity contribution < 1.29 is 9.13 Å². The average Bonchev–Trinajstić information content (AvgIpc) is 3.03. The molecule has 0 amide bonds. The van der Waals surface area contributed by atoms with Crippen molar-refractivity contribution in [2.75, 3.05) is 36.5 Å². The quantitative estimate of drug-likeness (QED) is 0.770. The SMILES string of the molecule is Fc1cccc(Nc2nc(N3CCOCC3)c3[nH]cnc3n2)c1. The van der Waals surface area contributed by atoms with Gasteiger partial charge in [0.2, 0.25) is 5.95 Å². The van der Waals surface area contributed by atoms with Gasteiger partial charge in [-0.3, -0.25) is 0 Å². The monoisotopic (exact) mass is 314 g/mol. The molecule has 3 aromatic rings. The van der Waals surface area contributed by atoms with Crippen LogP contribution in [0.1, 0.15) is 0 Å². The highest BCUT2D eigenvalue weighted by Gasteiger charge is 2.18. The molecule has 1 saturated heterocycles. The van der Waals surface area contributed by atoms with Crippen molar-refractivity contribution in [3.8, 4) is 0 Å². The number of ether oxygens (including phenoxy) is 1. The number of benzene rings is 1. The zero-order chi connectivity index (χ0) is 15.6. The van der Waals surface area contributed by atoms with E-state index in [-0.39, 0.29) is 5.82 Å². The molecule has 1 aromatic carbocycles. The number of aromatic nitrogens is 4.